The topological polar surface area (TPSA) is 84.5 Å². The fourth-order valence-corrected chi connectivity index (χ4v) is 2.68. The first-order valence-corrected chi connectivity index (χ1v) is 8.97. The lowest BCUT2D eigenvalue weighted by Gasteiger charge is -2.07. The standard InChI is InChI=1S/C15H22N2O4S/c1-16-22(19,20)11-14-6-2-12(3-7-14)8-17-15(18)10-21-9-13-4-5-13/h2-3,6-7,13,16H,4-5,8-11H2,1H3,(H,17,18). The molecule has 0 atom stereocenters. The van der Waals surface area contributed by atoms with Crippen molar-refractivity contribution in [1.82, 2.24) is 10.0 Å². The van der Waals surface area contributed by atoms with Crippen LogP contribution < -0.4 is 10.0 Å². The van der Waals surface area contributed by atoms with E-state index in [-0.39, 0.29) is 18.3 Å². The normalized spacial score (nSPS) is 14.8. The average Bonchev–Trinajstić information content (AvgIpc) is 3.30. The van der Waals surface area contributed by atoms with Crippen LogP contribution in [0.25, 0.3) is 0 Å². The van der Waals surface area contributed by atoms with Crippen LogP contribution in [0, 0.1) is 5.92 Å². The zero-order valence-corrected chi connectivity index (χ0v) is 13.5. The van der Waals surface area contributed by atoms with Crippen molar-refractivity contribution in [3.63, 3.8) is 0 Å². The summed E-state index contributed by atoms with van der Waals surface area (Å²) >= 11 is 0. The average molecular weight is 326 g/mol. The van der Waals surface area contributed by atoms with Crippen LogP contribution in [0.5, 0.6) is 0 Å². The minimum absolute atomic E-state index is 0.0505. The first-order chi connectivity index (χ1) is 10.5. The van der Waals surface area contributed by atoms with Crippen LogP contribution in [0.3, 0.4) is 0 Å². The lowest BCUT2D eigenvalue weighted by atomic mass is 10.1. The van der Waals surface area contributed by atoms with Gasteiger partial charge in [-0.3, -0.25) is 4.79 Å². The van der Waals surface area contributed by atoms with Gasteiger partial charge in [0.05, 0.1) is 12.4 Å². The maximum atomic E-state index is 11.6. The van der Waals surface area contributed by atoms with Crippen molar-refractivity contribution in [2.45, 2.75) is 25.1 Å². The molecule has 0 aromatic heterocycles. The number of hydrogen-bond donors (Lipinski definition) is 2. The van der Waals surface area contributed by atoms with E-state index in [1.807, 2.05) is 12.1 Å². The molecule has 0 heterocycles. The molecule has 0 saturated heterocycles. The molecule has 7 heteroatoms. The number of benzene rings is 1. The molecular formula is C15H22N2O4S. The second-order valence-corrected chi connectivity index (χ2v) is 7.44. The third-order valence-electron chi connectivity index (χ3n) is 3.46. The summed E-state index contributed by atoms with van der Waals surface area (Å²) < 4.78 is 30.5. The molecule has 1 aromatic carbocycles. The van der Waals surface area contributed by atoms with Crippen LogP contribution in [-0.4, -0.2) is 34.6 Å². The van der Waals surface area contributed by atoms with Gasteiger partial charge in [-0.25, -0.2) is 13.1 Å². The van der Waals surface area contributed by atoms with Gasteiger partial charge in [-0.2, -0.15) is 0 Å². The monoisotopic (exact) mass is 326 g/mol. The Bertz CT molecular complexity index is 594. The molecular weight excluding hydrogens is 304 g/mol. The SMILES string of the molecule is CNS(=O)(=O)Cc1ccc(CNC(=O)COCC2CC2)cc1. The van der Waals surface area contributed by atoms with Crippen LogP contribution in [0.15, 0.2) is 24.3 Å². The van der Waals surface area contributed by atoms with Gasteiger partial charge in [0.25, 0.3) is 0 Å². The molecule has 0 spiro atoms. The quantitative estimate of drug-likeness (QED) is 0.702. The second kappa shape index (κ2) is 7.71. The Balaban J connectivity index is 1.72. The van der Waals surface area contributed by atoms with Crippen molar-refractivity contribution >= 4 is 15.9 Å². The number of nitrogens with one attached hydrogen (secondary N) is 2. The molecule has 1 aliphatic rings. The highest BCUT2D eigenvalue weighted by molar-refractivity contribution is 7.88. The summed E-state index contributed by atoms with van der Waals surface area (Å²) in [7, 11) is -1.87. The van der Waals surface area contributed by atoms with Gasteiger partial charge in [-0.05, 0) is 36.9 Å². The lowest BCUT2D eigenvalue weighted by Crippen LogP contribution is -2.27. The molecule has 0 aliphatic heterocycles. The molecule has 1 aliphatic carbocycles. The highest BCUT2D eigenvalue weighted by Gasteiger charge is 2.21. The van der Waals surface area contributed by atoms with Crippen LogP contribution in [0.4, 0.5) is 0 Å². The Morgan fingerprint density at radius 3 is 2.45 bits per heavy atom. The molecule has 122 valence electrons. The third-order valence-corrected chi connectivity index (χ3v) is 4.80. The van der Waals surface area contributed by atoms with E-state index in [1.165, 1.54) is 19.9 Å². The summed E-state index contributed by atoms with van der Waals surface area (Å²) in [6.07, 6.45) is 2.41. The number of amides is 1. The van der Waals surface area contributed by atoms with Gasteiger partial charge in [-0.1, -0.05) is 24.3 Å². The van der Waals surface area contributed by atoms with E-state index in [9.17, 15) is 13.2 Å². The summed E-state index contributed by atoms with van der Waals surface area (Å²) in [5.41, 5.74) is 1.62. The highest BCUT2D eigenvalue weighted by Crippen LogP contribution is 2.28. The van der Waals surface area contributed by atoms with Crippen molar-refractivity contribution < 1.29 is 17.9 Å². The predicted octanol–water partition coefficient (Wildman–Crippen LogP) is 0.779. The molecule has 1 aromatic rings. The van der Waals surface area contributed by atoms with Gasteiger partial charge in [0.1, 0.15) is 6.61 Å². The molecule has 6 nitrogen and oxygen atoms in total. The lowest BCUT2D eigenvalue weighted by molar-refractivity contribution is -0.126. The van der Waals surface area contributed by atoms with Crippen LogP contribution in [0.2, 0.25) is 0 Å². The molecule has 0 unspecified atom stereocenters. The maximum Gasteiger partial charge on any atom is 0.246 e. The zero-order chi connectivity index (χ0) is 16.0. The van der Waals surface area contributed by atoms with Gasteiger partial charge in [0, 0.05) is 6.54 Å². The van der Waals surface area contributed by atoms with Crippen molar-refractivity contribution in [3.05, 3.63) is 35.4 Å². The van der Waals surface area contributed by atoms with E-state index in [1.54, 1.807) is 12.1 Å². The molecule has 0 radical (unpaired) electrons. The summed E-state index contributed by atoms with van der Waals surface area (Å²) in [5, 5.41) is 2.78. The molecule has 2 N–H and O–H groups in total. The fourth-order valence-electron chi connectivity index (χ4n) is 1.90. The Kier molecular flexibility index (Phi) is 5.93. The number of carbonyl (C=O) groups excluding carboxylic acids is 1. The van der Waals surface area contributed by atoms with Gasteiger partial charge in [0.15, 0.2) is 0 Å². The van der Waals surface area contributed by atoms with E-state index >= 15 is 0 Å². The van der Waals surface area contributed by atoms with Crippen molar-refractivity contribution in [1.29, 1.82) is 0 Å². The highest BCUT2D eigenvalue weighted by atomic mass is 32.2. The Hall–Kier alpha value is -1.44. The molecule has 2 rings (SSSR count). The van der Waals surface area contributed by atoms with E-state index in [0.717, 1.165) is 5.56 Å². The van der Waals surface area contributed by atoms with Crippen molar-refractivity contribution in [3.8, 4) is 0 Å². The van der Waals surface area contributed by atoms with Crippen molar-refractivity contribution in [2.24, 2.45) is 5.92 Å². The molecule has 22 heavy (non-hydrogen) atoms. The van der Waals surface area contributed by atoms with Gasteiger partial charge < -0.3 is 10.1 Å². The Morgan fingerprint density at radius 2 is 1.86 bits per heavy atom. The van der Waals surface area contributed by atoms with E-state index in [4.69, 9.17) is 4.74 Å². The maximum absolute atomic E-state index is 11.6. The predicted molar refractivity (Wildman–Crippen MR) is 83.5 cm³/mol. The minimum Gasteiger partial charge on any atom is -0.371 e. The van der Waals surface area contributed by atoms with Crippen LogP contribution in [0.1, 0.15) is 24.0 Å². The number of sulfonamides is 1. The Labute approximate surface area is 131 Å². The molecule has 1 fully saturated rings. The third kappa shape index (κ3) is 6.13. The number of ether oxygens (including phenoxy) is 1. The molecule has 1 saturated carbocycles. The van der Waals surface area contributed by atoms with Crippen molar-refractivity contribution in [2.75, 3.05) is 20.3 Å². The molecule has 0 bridgehead atoms. The van der Waals surface area contributed by atoms with Crippen LogP contribution >= 0.6 is 0 Å². The smallest absolute Gasteiger partial charge is 0.246 e. The number of hydrogen-bond acceptors (Lipinski definition) is 4. The summed E-state index contributed by atoms with van der Waals surface area (Å²) in [6, 6.07) is 7.12. The summed E-state index contributed by atoms with van der Waals surface area (Å²) in [5.74, 6) is 0.460. The summed E-state index contributed by atoms with van der Waals surface area (Å²) in [6.45, 7) is 1.17. The molecule has 1 amide bonds. The summed E-state index contributed by atoms with van der Waals surface area (Å²) in [4.78, 5) is 11.6. The zero-order valence-electron chi connectivity index (χ0n) is 12.7. The first-order valence-electron chi connectivity index (χ1n) is 7.32. The van der Waals surface area contributed by atoms with Crippen LogP contribution in [-0.2, 0) is 31.9 Å². The van der Waals surface area contributed by atoms with E-state index < -0.39 is 10.0 Å². The van der Waals surface area contributed by atoms with E-state index in [0.29, 0.717) is 24.6 Å². The minimum atomic E-state index is -3.26. The fraction of sp³-hybridized carbons (Fsp3) is 0.533. The van der Waals surface area contributed by atoms with Gasteiger partial charge in [0.2, 0.25) is 15.9 Å². The van der Waals surface area contributed by atoms with Gasteiger partial charge >= 0.3 is 0 Å². The first kappa shape index (κ1) is 16.9. The largest absolute Gasteiger partial charge is 0.371 e. The second-order valence-electron chi connectivity index (χ2n) is 5.51. The van der Waals surface area contributed by atoms with E-state index in [2.05, 4.69) is 10.0 Å². The number of rotatable bonds is 9. The Morgan fingerprint density at radius 1 is 1.23 bits per heavy atom. The van der Waals surface area contributed by atoms with Gasteiger partial charge in [-0.15, -0.1) is 0 Å². The number of carbonyl (C=O) groups is 1.